The first-order valence-electron chi connectivity index (χ1n) is 12.8. The third-order valence-electron chi connectivity index (χ3n) is 8.10. The van der Waals surface area contributed by atoms with Crippen molar-refractivity contribution in [1.29, 1.82) is 0 Å². The molecular weight excluding hydrogens is 686 g/mol. The van der Waals surface area contributed by atoms with Crippen molar-refractivity contribution in [2.45, 2.75) is 34.6 Å². The van der Waals surface area contributed by atoms with Gasteiger partial charge >= 0.3 is 27.5 Å². The number of rotatable bonds is 6. The fraction of sp³-hybridized carbons (Fsp3) is 0.394. The number of methoxy groups -OCH3 is 3. The predicted octanol–water partition coefficient (Wildman–Crippen LogP) is 9.00. The summed E-state index contributed by atoms with van der Waals surface area (Å²) in [6.45, 7) is 12.0. The Labute approximate surface area is 251 Å². The van der Waals surface area contributed by atoms with Crippen LogP contribution < -0.4 is 14.2 Å². The maximum atomic E-state index is 5.25. The van der Waals surface area contributed by atoms with E-state index in [1.54, 1.807) is 21.3 Å². The van der Waals surface area contributed by atoms with E-state index in [9.17, 15) is 0 Å². The summed E-state index contributed by atoms with van der Waals surface area (Å²) < 4.78 is 15.7. The van der Waals surface area contributed by atoms with Crippen LogP contribution in [0.2, 0.25) is 0 Å². The fourth-order valence-corrected chi connectivity index (χ4v) is 4.89. The molecule has 6 heteroatoms. The Kier molecular flexibility index (Phi) is 15.5. The first-order valence-corrected chi connectivity index (χ1v) is 15.8. The molecule has 0 unspecified atom stereocenters. The van der Waals surface area contributed by atoms with Gasteiger partial charge in [0, 0.05) is 5.75 Å². The average Bonchev–Trinajstić information content (AvgIpc) is 3.15. The standard InChI is InChI=1S/C22H20NO3.C10H20.CH3.ClH.Ir/c1-24-19-10-4-16(5-11-19)22(17-6-12-20(25-2)13-7-17)23-18-8-14-21(26-3)15-9-18;1-6-7(2)9(4)10(5)8(6)3;;;/h4-6,8-15H,1-3H3;6-10H,1-5H3;1H3;1H;/q-1;;-1;;+3/p-1. The molecule has 0 spiro atoms. The summed E-state index contributed by atoms with van der Waals surface area (Å²) in [4.78, 5) is 4.83. The third-order valence-corrected chi connectivity index (χ3v) is 8.10. The molecule has 0 aliphatic heterocycles. The van der Waals surface area contributed by atoms with E-state index in [1.807, 2.05) is 66.7 Å². The second kappa shape index (κ2) is 17.4. The number of nitrogens with zero attached hydrogens (tertiary/aromatic N) is 1. The van der Waals surface area contributed by atoms with E-state index in [0.29, 0.717) is 0 Å². The molecule has 0 radical (unpaired) electrons. The van der Waals surface area contributed by atoms with E-state index in [2.05, 4.69) is 50.3 Å². The van der Waals surface area contributed by atoms with Crippen molar-refractivity contribution in [3.05, 3.63) is 91.3 Å². The molecule has 0 saturated heterocycles. The molecule has 0 N–H and O–H groups in total. The number of halogens is 1. The van der Waals surface area contributed by atoms with Gasteiger partial charge in [0.1, 0.15) is 11.5 Å². The van der Waals surface area contributed by atoms with Crippen molar-refractivity contribution < 1.29 is 32.1 Å². The number of benzene rings is 3. The van der Waals surface area contributed by atoms with Gasteiger partial charge in [-0.25, -0.2) is 0 Å². The van der Waals surface area contributed by atoms with Gasteiger partial charge in [0.25, 0.3) is 0 Å². The van der Waals surface area contributed by atoms with Crippen LogP contribution in [0.3, 0.4) is 0 Å². The van der Waals surface area contributed by atoms with Crippen LogP contribution in [0.1, 0.15) is 45.7 Å². The SMILES string of the molecule is CC1C(C)C(C)C(C)C1C.COc1c[c-]c(C(=Nc2ccc(OC)cc2)c2ccc(OC)cc2)cc1.[CH3-].[Cl][Ir+2]. The topological polar surface area (TPSA) is 40.0 Å². The van der Waals surface area contributed by atoms with Crippen molar-refractivity contribution in [2.24, 2.45) is 34.6 Å². The number of hydrogen-bond acceptors (Lipinski definition) is 4. The number of ether oxygens (including phenoxy) is 3. The van der Waals surface area contributed by atoms with Crippen LogP contribution in [-0.2, 0) is 17.9 Å². The Balaban J connectivity index is 0.000000493. The number of aliphatic imine (C=N–C) groups is 1. The van der Waals surface area contributed by atoms with Gasteiger partial charge < -0.3 is 21.6 Å². The fourth-order valence-electron chi connectivity index (χ4n) is 4.89. The van der Waals surface area contributed by atoms with E-state index in [1.165, 1.54) is 17.9 Å². The Morgan fingerprint density at radius 2 is 1.03 bits per heavy atom. The number of hydrogen-bond donors (Lipinski definition) is 0. The van der Waals surface area contributed by atoms with Crippen LogP contribution in [0.25, 0.3) is 0 Å². The summed E-state index contributed by atoms with van der Waals surface area (Å²) in [7, 11) is 9.57. The molecule has 3 aromatic rings. The predicted molar refractivity (Wildman–Crippen MR) is 161 cm³/mol. The van der Waals surface area contributed by atoms with Gasteiger partial charge in [-0.2, -0.15) is 0 Å². The van der Waals surface area contributed by atoms with Crippen LogP contribution in [0, 0.1) is 43.1 Å². The van der Waals surface area contributed by atoms with Crippen LogP contribution in [0.4, 0.5) is 5.69 Å². The maximum absolute atomic E-state index is 5.25. The molecule has 214 valence electrons. The minimum atomic E-state index is 0. The van der Waals surface area contributed by atoms with Crippen molar-refractivity contribution in [2.75, 3.05) is 21.3 Å². The van der Waals surface area contributed by atoms with E-state index in [0.717, 1.165) is 69.4 Å². The van der Waals surface area contributed by atoms with Gasteiger partial charge in [-0.3, -0.25) is 4.99 Å². The van der Waals surface area contributed by atoms with E-state index in [-0.39, 0.29) is 7.43 Å². The summed E-state index contributed by atoms with van der Waals surface area (Å²) in [5.74, 6) is 7.03. The summed E-state index contributed by atoms with van der Waals surface area (Å²) in [5, 5.41) is 0. The summed E-state index contributed by atoms with van der Waals surface area (Å²) in [6.07, 6.45) is 0. The molecule has 0 amide bonds. The minimum absolute atomic E-state index is 0. The Morgan fingerprint density at radius 1 is 0.641 bits per heavy atom. The molecule has 4 nitrogen and oxygen atoms in total. The van der Waals surface area contributed by atoms with Gasteiger partial charge in [0.2, 0.25) is 0 Å². The van der Waals surface area contributed by atoms with Gasteiger partial charge in [-0.15, -0.1) is 29.8 Å². The van der Waals surface area contributed by atoms with Crippen molar-refractivity contribution in [3.63, 3.8) is 0 Å². The molecule has 0 heterocycles. The first kappa shape index (κ1) is 34.7. The Bertz CT molecular complexity index is 1020. The molecule has 1 fully saturated rings. The van der Waals surface area contributed by atoms with Crippen molar-refractivity contribution in [3.8, 4) is 17.2 Å². The normalized spacial score (nSPS) is 21.8. The monoisotopic (exact) mass is 729 g/mol. The summed E-state index contributed by atoms with van der Waals surface area (Å²) in [6, 6.07) is 24.3. The first-order chi connectivity index (χ1) is 18.3. The van der Waals surface area contributed by atoms with Gasteiger partial charge in [0.15, 0.2) is 0 Å². The Hall–Kier alpha value is -2.33. The third kappa shape index (κ3) is 9.38. The molecule has 1 saturated carbocycles. The zero-order chi connectivity index (χ0) is 28.2. The van der Waals surface area contributed by atoms with E-state index < -0.39 is 0 Å². The molecular formula is C33H43ClIrNO3. The van der Waals surface area contributed by atoms with Crippen LogP contribution >= 0.6 is 9.58 Å². The molecule has 3 aromatic carbocycles. The van der Waals surface area contributed by atoms with Crippen molar-refractivity contribution in [1.82, 2.24) is 0 Å². The second-order valence-electron chi connectivity index (χ2n) is 9.82. The zero-order valence-electron chi connectivity index (χ0n) is 24.6. The Morgan fingerprint density at radius 3 is 1.38 bits per heavy atom. The quantitative estimate of drug-likeness (QED) is 0.188. The molecule has 1 aliphatic carbocycles. The van der Waals surface area contributed by atoms with Gasteiger partial charge in [-0.05, 0) is 77.3 Å². The molecule has 4 rings (SSSR count). The van der Waals surface area contributed by atoms with Gasteiger partial charge in [-0.1, -0.05) is 46.8 Å². The molecule has 0 aromatic heterocycles. The van der Waals surface area contributed by atoms with Gasteiger partial charge in [0.05, 0.1) is 27.0 Å². The molecule has 39 heavy (non-hydrogen) atoms. The average molecular weight is 729 g/mol. The zero-order valence-corrected chi connectivity index (χ0v) is 27.8. The second-order valence-corrected chi connectivity index (χ2v) is 9.82. The van der Waals surface area contributed by atoms with Crippen molar-refractivity contribution >= 4 is 21.0 Å². The van der Waals surface area contributed by atoms with Crippen LogP contribution in [-0.4, -0.2) is 27.0 Å². The summed E-state index contributed by atoms with van der Waals surface area (Å²) >= 11 is 1.47. The van der Waals surface area contributed by atoms with E-state index >= 15 is 0 Å². The van der Waals surface area contributed by atoms with E-state index in [4.69, 9.17) is 19.2 Å². The van der Waals surface area contributed by atoms with Crippen LogP contribution in [0.15, 0.2) is 71.7 Å². The molecule has 0 bridgehead atoms. The molecule has 1 aliphatic rings. The summed E-state index contributed by atoms with van der Waals surface area (Å²) in [5.41, 5.74) is 3.51. The molecule has 0 atom stereocenters. The van der Waals surface area contributed by atoms with Crippen LogP contribution in [0.5, 0.6) is 17.2 Å².